The minimum absolute atomic E-state index is 0.0363. The summed E-state index contributed by atoms with van der Waals surface area (Å²) in [5.74, 6) is -2.36. The molecule has 12 nitrogen and oxygen atoms in total. The summed E-state index contributed by atoms with van der Waals surface area (Å²) in [6, 6.07) is 15.7. The second-order valence-electron chi connectivity index (χ2n) is 10.7. The van der Waals surface area contributed by atoms with Gasteiger partial charge in [-0.25, -0.2) is 5.01 Å². The number of fused-ring (bicyclic) bond motifs is 2. The summed E-state index contributed by atoms with van der Waals surface area (Å²) in [4.78, 5) is 68.7. The van der Waals surface area contributed by atoms with Crippen molar-refractivity contribution in [1.29, 1.82) is 0 Å². The maximum Gasteiger partial charge on any atom is 0.310 e. The molecule has 3 saturated heterocycles. The first kappa shape index (κ1) is 27.5. The van der Waals surface area contributed by atoms with E-state index in [1.165, 1.54) is 10.0 Å². The minimum atomic E-state index is -1.01. The van der Waals surface area contributed by atoms with E-state index in [1.807, 2.05) is 54.6 Å². The number of cyclic esters (lactones) is 1. The Kier molecular flexibility index (Phi) is 7.62. The molecule has 6 rings (SSSR count). The maximum atomic E-state index is 13.8. The van der Waals surface area contributed by atoms with Crippen LogP contribution < -0.4 is 10.6 Å². The maximum absolute atomic E-state index is 13.8. The van der Waals surface area contributed by atoms with Gasteiger partial charge < -0.3 is 25.1 Å². The fourth-order valence-corrected chi connectivity index (χ4v) is 5.67. The average Bonchev–Trinajstić information content (AvgIpc) is 3.57. The molecule has 3 aromatic rings. The summed E-state index contributed by atoms with van der Waals surface area (Å²) in [5.41, 5.74) is 1.95. The third-order valence-corrected chi connectivity index (χ3v) is 7.79. The number of rotatable bonds is 7. The van der Waals surface area contributed by atoms with Crippen molar-refractivity contribution < 1.29 is 33.4 Å². The number of esters is 1. The van der Waals surface area contributed by atoms with Crippen LogP contribution in [-0.4, -0.2) is 75.6 Å². The highest BCUT2D eigenvalue weighted by molar-refractivity contribution is 6.01. The van der Waals surface area contributed by atoms with Gasteiger partial charge in [0.25, 0.3) is 11.8 Å². The molecule has 12 heteroatoms. The van der Waals surface area contributed by atoms with E-state index in [0.29, 0.717) is 12.8 Å². The van der Waals surface area contributed by atoms with Gasteiger partial charge in [0.1, 0.15) is 23.8 Å². The van der Waals surface area contributed by atoms with Crippen LogP contribution in [0.5, 0.6) is 0 Å². The second kappa shape index (κ2) is 11.6. The van der Waals surface area contributed by atoms with Crippen LogP contribution in [0.4, 0.5) is 0 Å². The normalized spacial score (nSPS) is 24.2. The highest BCUT2D eigenvalue weighted by Crippen LogP contribution is 2.26. The number of hydrazine groups is 1. The van der Waals surface area contributed by atoms with Gasteiger partial charge in [-0.05, 0) is 37.0 Å². The molecule has 3 N–H and O–H groups in total. The number of ether oxygens (including phenoxy) is 2. The second-order valence-corrected chi connectivity index (χ2v) is 10.7. The Morgan fingerprint density at radius 3 is 2.60 bits per heavy atom. The van der Waals surface area contributed by atoms with Crippen LogP contribution in [0, 0.1) is 0 Å². The average molecular weight is 574 g/mol. The Morgan fingerprint density at radius 2 is 1.79 bits per heavy atom. The van der Waals surface area contributed by atoms with E-state index in [9.17, 15) is 24.0 Å². The highest BCUT2D eigenvalue weighted by atomic mass is 16.7. The number of carbonyl (C=O) groups is 5. The number of benzene rings is 2. The fraction of sp³-hybridized carbons (Fsp3) is 0.367. The highest BCUT2D eigenvalue weighted by Gasteiger charge is 2.46. The Balaban J connectivity index is 1.16. The van der Waals surface area contributed by atoms with Gasteiger partial charge >= 0.3 is 5.97 Å². The molecule has 3 aliphatic rings. The van der Waals surface area contributed by atoms with Crippen molar-refractivity contribution in [3.05, 3.63) is 71.9 Å². The molecule has 0 aliphatic carbocycles. The van der Waals surface area contributed by atoms with E-state index in [2.05, 4.69) is 15.6 Å². The van der Waals surface area contributed by atoms with Gasteiger partial charge in [0.05, 0.1) is 13.0 Å². The molecule has 3 aliphatic heterocycles. The van der Waals surface area contributed by atoms with Crippen molar-refractivity contribution in [3.63, 3.8) is 0 Å². The predicted octanol–water partition coefficient (Wildman–Crippen LogP) is 1.77. The van der Waals surface area contributed by atoms with Crippen LogP contribution in [0.25, 0.3) is 10.9 Å². The molecule has 2 aromatic carbocycles. The monoisotopic (exact) mass is 573 g/mol. The first-order valence-corrected chi connectivity index (χ1v) is 14.0. The zero-order valence-corrected chi connectivity index (χ0v) is 22.8. The van der Waals surface area contributed by atoms with Gasteiger partial charge in [-0.1, -0.05) is 48.5 Å². The Labute approximate surface area is 241 Å². The van der Waals surface area contributed by atoms with Crippen LogP contribution in [0.3, 0.4) is 0 Å². The Hall–Kier alpha value is -4.71. The first-order valence-electron chi connectivity index (χ1n) is 14.0. The number of aromatic amines is 1. The molecule has 0 saturated carbocycles. The summed E-state index contributed by atoms with van der Waals surface area (Å²) in [5, 5.41) is 8.92. The Morgan fingerprint density at radius 1 is 1.00 bits per heavy atom. The standard InChI is InChI=1S/C30H31N5O7/c36-25-13-12-21(32-27(38)22-15-19-9-4-5-10-20(19)31-22)29(40)35-24(11-6-14-34(25)35)28(39)33-23-16-26(37)42-30(23)41-17-18-7-2-1-3-8-18/h1-5,7-10,15,21,23-24,30-31H,6,11-14,16-17H2,(H,32,38)(H,33,39)/t21-,23-,24-,30?/m0/s1. The molecule has 1 unspecified atom stereocenters. The summed E-state index contributed by atoms with van der Waals surface area (Å²) in [6.45, 7) is 0.462. The summed E-state index contributed by atoms with van der Waals surface area (Å²) >= 11 is 0. The molecule has 218 valence electrons. The molecule has 4 amide bonds. The number of hydrogen-bond donors (Lipinski definition) is 3. The summed E-state index contributed by atoms with van der Waals surface area (Å²) in [7, 11) is 0. The van der Waals surface area contributed by atoms with Gasteiger partial charge in [-0.3, -0.25) is 29.0 Å². The lowest BCUT2D eigenvalue weighted by molar-refractivity contribution is -0.177. The smallest absolute Gasteiger partial charge is 0.310 e. The molecule has 0 spiro atoms. The van der Waals surface area contributed by atoms with Crippen LogP contribution in [0.2, 0.25) is 0 Å². The zero-order valence-electron chi connectivity index (χ0n) is 22.8. The molecule has 4 atom stereocenters. The van der Waals surface area contributed by atoms with Crippen molar-refractivity contribution in [2.75, 3.05) is 6.54 Å². The van der Waals surface area contributed by atoms with Gasteiger partial charge in [0.2, 0.25) is 18.1 Å². The number of H-pyrrole nitrogens is 1. The van der Waals surface area contributed by atoms with Crippen molar-refractivity contribution in [2.45, 2.75) is 63.1 Å². The van der Waals surface area contributed by atoms with Crippen molar-refractivity contribution >= 4 is 40.5 Å². The number of amides is 4. The zero-order chi connectivity index (χ0) is 29.2. The minimum Gasteiger partial charge on any atom is -0.433 e. The van der Waals surface area contributed by atoms with E-state index >= 15 is 0 Å². The lowest BCUT2D eigenvalue weighted by Crippen LogP contribution is -2.64. The lowest BCUT2D eigenvalue weighted by atomic mass is 10.0. The molecule has 0 bridgehead atoms. The van der Waals surface area contributed by atoms with E-state index in [-0.39, 0.29) is 44.0 Å². The number of para-hydroxylation sites is 1. The van der Waals surface area contributed by atoms with Crippen LogP contribution in [-0.2, 0) is 35.3 Å². The third-order valence-electron chi connectivity index (χ3n) is 7.79. The van der Waals surface area contributed by atoms with E-state index in [1.54, 1.807) is 6.07 Å². The number of aromatic nitrogens is 1. The van der Waals surface area contributed by atoms with Crippen LogP contribution in [0.15, 0.2) is 60.7 Å². The third kappa shape index (κ3) is 5.57. The van der Waals surface area contributed by atoms with E-state index < -0.39 is 48.1 Å². The molecule has 4 heterocycles. The quantitative estimate of drug-likeness (QED) is 0.365. The van der Waals surface area contributed by atoms with Crippen LogP contribution >= 0.6 is 0 Å². The van der Waals surface area contributed by atoms with Crippen molar-refractivity contribution in [1.82, 2.24) is 25.6 Å². The van der Waals surface area contributed by atoms with Crippen molar-refractivity contribution in [3.8, 4) is 0 Å². The van der Waals surface area contributed by atoms with Crippen LogP contribution in [0.1, 0.15) is 48.2 Å². The molecular formula is C30H31N5O7. The summed E-state index contributed by atoms with van der Waals surface area (Å²) in [6.07, 6.45) is -0.127. The number of nitrogens with one attached hydrogen (secondary N) is 3. The summed E-state index contributed by atoms with van der Waals surface area (Å²) < 4.78 is 11.1. The Bertz CT molecular complexity index is 1490. The largest absolute Gasteiger partial charge is 0.433 e. The number of hydrogen-bond acceptors (Lipinski definition) is 7. The number of carbonyl (C=O) groups excluding carboxylic acids is 5. The molecule has 0 radical (unpaired) electrons. The molecule has 3 fully saturated rings. The SMILES string of the molecule is O=C1C[C@H](NC(=O)[C@@H]2CCCN3C(=O)CC[C@H](NC(=O)c4cc5ccccc5[nH]4)C(=O)N23)C(OCc2ccccc2)O1. The molecular weight excluding hydrogens is 542 g/mol. The lowest BCUT2D eigenvalue weighted by Gasteiger charge is -2.43. The predicted molar refractivity (Wildman–Crippen MR) is 148 cm³/mol. The fourth-order valence-electron chi connectivity index (χ4n) is 5.67. The van der Waals surface area contributed by atoms with Crippen molar-refractivity contribution in [2.24, 2.45) is 0 Å². The van der Waals surface area contributed by atoms with E-state index in [0.717, 1.165) is 16.5 Å². The molecule has 1 aromatic heterocycles. The first-order chi connectivity index (χ1) is 20.4. The van der Waals surface area contributed by atoms with Gasteiger partial charge in [-0.2, -0.15) is 0 Å². The van der Waals surface area contributed by atoms with Gasteiger partial charge in [0, 0.05) is 23.9 Å². The molecule has 42 heavy (non-hydrogen) atoms. The number of nitrogens with zero attached hydrogens (tertiary/aromatic N) is 2. The van der Waals surface area contributed by atoms with Gasteiger partial charge in [0.15, 0.2) is 0 Å². The topological polar surface area (TPSA) is 150 Å². The van der Waals surface area contributed by atoms with Gasteiger partial charge in [-0.15, -0.1) is 0 Å². The van der Waals surface area contributed by atoms with E-state index in [4.69, 9.17) is 9.47 Å².